The van der Waals surface area contributed by atoms with E-state index in [0.29, 0.717) is 44.0 Å². The van der Waals surface area contributed by atoms with E-state index < -0.39 is 0 Å². The Labute approximate surface area is 209 Å². The van der Waals surface area contributed by atoms with Crippen LogP contribution in [0.2, 0.25) is 0 Å². The number of hydrogen-bond acceptors (Lipinski definition) is 5. The van der Waals surface area contributed by atoms with Gasteiger partial charge in [0.15, 0.2) is 0 Å². The van der Waals surface area contributed by atoms with Crippen LogP contribution in [0.3, 0.4) is 0 Å². The third-order valence-corrected chi connectivity index (χ3v) is 7.47. The quantitative estimate of drug-likeness (QED) is 0.536. The SMILES string of the molecule is C=CC(=O)N1CCc2nn(-c3ccc(C4CC4)cc3)c3c2C(C1)N(C(=O)c1ccc(C#N)nc1)CC3. The molecular weight excluding hydrogens is 452 g/mol. The van der Waals surface area contributed by atoms with Crippen molar-refractivity contribution in [2.45, 2.75) is 37.6 Å². The van der Waals surface area contributed by atoms with Crippen molar-refractivity contribution in [1.29, 1.82) is 5.26 Å². The van der Waals surface area contributed by atoms with Crippen molar-refractivity contribution in [3.8, 4) is 11.8 Å². The second-order valence-corrected chi connectivity index (χ2v) is 9.63. The van der Waals surface area contributed by atoms with Gasteiger partial charge in [-0.25, -0.2) is 9.67 Å². The van der Waals surface area contributed by atoms with Gasteiger partial charge in [-0.3, -0.25) is 9.59 Å². The summed E-state index contributed by atoms with van der Waals surface area (Å²) >= 11 is 0. The Hall–Kier alpha value is -4.25. The number of hydrogen-bond donors (Lipinski definition) is 0. The molecule has 0 spiro atoms. The van der Waals surface area contributed by atoms with Gasteiger partial charge in [0, 0.05) is 44.2 Å². The molecular formula is C28H26N6O2. The molecule has 8 heteroatoms. The zero-order valence-corrected chi connectivity index (χ0v) is 19.9. The topological polar surface area (TPSA) is 95.1 Å². The van der Waals surface area contributed by atoms with Crippen molar-refractivity contribution < 1.29 is 9.59 Å². The average Bonchev–Trinajstić information content (AvgIpc) is 3.73. The first kappa shape index (κ1) is 22.2. The number of benzene rings is 1. The molecule has 2 aromatic heterocycles. The van der Waals surface area contributed by atoms with Crippen LogP contribution in [0, 0.1) is 11.3 Å². The molecule has 2 aliphatic heterocycles. The molecule has 0 radical (unpaired) electrons. The molecule has 8 nitrogen and oxygen atoms in total. The number of nitrogens with zero attached hydrogens (tertiary/aromatic N) is 6. The maximum Gasteiger partial charge on any atom is 0.256 e. The molecule has 3 aromatic rings. The number of rotatable bonds is 4. The first-order valence-corrected chi connectivity index (χ1v) is 12.4. The highest BCUT2D eigenvalue weighted by Crippen LogP contribution is 2.41. The van der Waals surface area contributed by atoms with Gasteiger partial charge in [0.2, 0.25) is 5.91 Å². The minimum absolute atomic E-state index is 0.150. The Bertz CT molecular complexity index is 1400. The van der Waals surface area contributed by atoms with Crippen LogP contribution in [0.25, 0.3) is 5.69 Å². The van der Waals surface area contributed by atoms with E-state index in [1.807, 2.05) is 15.7 Å². The highest BCUT2D eigenvalue weighted by atomic mass is 16.2. The van der Waals surface area contributed by atoms with Crippen molar-refractivity contribution in [3.05, 3.63) is 89.0 Å². The van der Waals surface area contributed by atoms with E-state index in [-0.39, 0.29) is 23.6 Å². The summed E-state index contributed by atoms with van der Waals surface area (Å²) in [7, 11) is 0. The molecule has 0 bridgehead atoms. The summed E-state index contributed by atoms with van der Waals surface area (Å²) in [5.74, 6) is 0.382. The van der Waals surface area contributed by atoms with Gasteiger partial charge in [-0.2, -0.15) is 10.4 Å². The molecule has 4 heterocycles. The third kappa shape index (κ3) is 3.77. The average molecular weight is 479 g/mol. The Kier molecular flexibility index (Phi) is 5.41. The van der Waals surface area contributed by atoms with E-state index in [0.717, 1.165) is 22.6 Å². The van der Waals surface area contributed by atoms with Gasteiger partial charge >= 0.3 is 0 Å². The van der Waals surface area contributed by atoms with E-state index in [1.54, 1.807) is 17.0 Å². The van der Waals surface area contributed by atoms with Crippen LogP contribution in [0.5, 0.6) is 0 Å². The van der Waals surface area contributed by atoms with E-state index >= 15 is 0 Å². The van der Waals surface area contributed by atoms with Crippen LogP contribution < -0.4 is 0 Å². The first-order chi connectivity index (χ1) is 17.6. The molecule has 3 aliphatic rings. The van der Waals surface area contributed by atoms with Gasteiger partial charge in [-0.15, -0.1) is 0 Å². The van der Waals surface area contributed by atoms with Crippen molar-refractivity contribution in [2.24, 2.45) is 0 Å². The molecule has 36 heavy (non-hydrogen) atoms. The fraction of sp³-hybridized carbons (Fsp3) is 0.321. The normalized spacial score (nSPS) is 18.7. The number of aromatic nitrogens is 3. The second kappa shape index (κ2) is 8.76. The largest absolute Gasteiger partial charge is 0.336 e. The molecule has 1 saturated carbocycles. The monoisotopic (exact) mass is 478 g/mol. The number of amides is 2. The van der Waals surface area contributed by atoms with Gasteiger partial charge in [0.05, 0.1) is 28.7 Å². The molecule has 1 unspecified atom stereocenters. The van der Waals surface area contributed by atoms with Gasteiger partial charge < -0.3 is 9.80 Å². The van der Waals surface area contributed by atoms with Crippen molar-refractivity contribution in [2.75, 3.05) is 19.6 Å². The maximum atomic E-state index is 13.6. The first-order valence-electron chi connectivity index (χ1n) is 12.4. The second-order valence-electron chi connectivity index (χ2n) is 9.63. The molecule has 1 aliphatic carbocycles. The lowest BCUT2D eigenvalue weighted by atomic mass is 9.95. The summed E-state index contributed by atoms with van der Waals surface area (Å²) in [6, 6.07) is 13.5. The Balaban J connectivity index is 1.39. The Morgan fingerprint density at radius 3 is 2.56 bits per heavy atom. The summed E-state index contributed by atoms with van der Waals surface area (Å²) in [5.41, 5.74) is 6.16. The fourth-order valence-electron chi connectivity index (χ4n) is 5.44. The molecule has 6 rings (SSSR count). The van der Waals surface area contributed by atoms with Crippen molar-refractivity contribution >= 4 is 11.8 Å². The van der Waals surface area contributed by atoms with Crippen LogP contribution in [-0.4, -0.2) is 56.0 Å². The van der Waals surface area contributed by atoms with E-state index in [4.69, 9.17) is 10.4 Å². The summed E-state index contributed by atoms with van der Waals surface area (Å²) in [6.07, 6.45) is 6.58. The fourth-order valence-corrected chi connectivity index (χ4v) is 5.44. The number of nitriles is 1. The highest BCUT2D eigenvalue weighted by Gasteiger charge is 2.40. The van der Waals surface area contributed by atoms with E-state index in [9.17, 15) is 9.59 Å². The number of pyridine rings is 1. The smallest absolute Gasteiger partial charge is 0.256 e. The standard InChI is InChI=1S/C28H26N6O2/c1-2-26(35)32-13-11-23-27-24(34(31-23)22-9-6-19(7-10-22)18-3-4-18)12-14-33(25(27)17-32)28(36)20-5-8-21(15-29)30-16-20/h2,5-10,16,18,25H,1,3-4,11-14,17H2. The lowest BCUT2D eigenvalue weighted by molar-refractivity contribution is -0.126. The van der Waals surface area contributed by atoms with E-state index in [1.165, 1.54) is 30.7 Å². The van der Waals surface area contributed by atoms with Crippen LogP contribution in [0.15, 0.2) is 55.3 Å². The van der Waals surface area contributed by atoms with Crippen LogP contribution in [-0.2, 0) is 17.6 Å². The molecule has 0 N–H and O–H groups in total. The zero-order valence-electron chi connectivity index (χ0n) is 19.9. The minimum Gasteiger partial charge on any atom is -0.336 e. The highest BCUT2D eigenvalue weighted by molar-refractivity contribution is 5.94. The molecule has 0 saturated heterocycles. The predicted molar refractivity (Wildman–Crippen MR) is 132 cm³/mol. The lowest BCUT2D eigenvalue weighted by Crippen LogP contribution is -2.45. The molecule has 180 valence electrons. The van der Waals surface area contributed by atoms with E-state index in [2.05, 4.69) is 35.8 Å². The van der Waals surface area contributed by atoms with Crippen LogP contribution in [0.1, 0.15) is 63.4 Å². The summed E-state index contributed by atoms with van der Waals surface area (Å²) < 4.78 is 2.03. The summed E-state index contributed by atoms with van der Waals surface area (Å²) in [4.78, 5) is 33.9. The molecule has 2 amide bonds. The van der Waals surface area contributed by atoms with Crippen LogP contribution >= 0.6 is 0 Å². The third-order valence-electron chi connectivity index (χ3n) is 7.47. The van der Waals surface area contributed by atoms with Gasteiger partial charge in [-0.1, -0.05) is 18.7 Å². The summed E-state index contributed by atoms with van der Waals surface area (Å²) in [6.45, 7) is 5.05. The van der Waals surface area contributed by atoms with Gasteiger partial charge in [0.25, 0.3) is 5.91 Å². The lowest BCUT2D eigenvalue weighted by Gasteiger charge is -2.37. The van der Waals surface area contributed by atoms with Gasteiger partial charge in [-0.05, 0) is 54.7 Å². The van der Waals surface area contributed by atoms with Gasteiger partial charge in [0.1, 0.15) is 11.8 Å². The predicted octanol–water partition coefficient (Wildman–Crippen LogP) is 3.33. The minimum atomic E-state index is -0.321. The Morgan fingerprint density at radius 2 is 1.89 bits per heavy atom. The van der Waals surface area contributed by atoms with Crippen molar-refractivity contribution in [1.82, 2.24) is 24.6 Å². The molecule has 1 atom stereocenters. The van der Waals surface area contributed by atoms with Crippen LogP contribution in [0.4, 0.5) is 0 Å². The zero-order chi connectivity index (χ0) is 24.8. The number of carbonyl (C=O) groups is 2. The van der Waals surface area contributed by atoms with Crippen molar-refractivity contribution in [3.63, 3.8) is 0 Å². The molecule has 1 aromatic carbocycles. The number of carbonyl (C=O) groups excluding carboxylic acids is 2. The Morgan fingerprint density at radius 1 is 1.08 bits per heavy atom. The summed E-state index contributed by atoms with van der Waals surface area (Å²) in [5, 5.41) is 14.1. The molecule has 1 fully saturated rings. The maximum absolute atomic E-state index is 13.6.